The fourth-order valence-electron chi connectivity index (χ4n) is 1.71. The van der Waals surface area contributed by atoms with E-state index in [9.17, 15) is 18.0 Å². The van der Waals surface area contributed by atoms with E-state index in [0.29, 0.717) is 24.3 Å². The van der Waals surface area contributed by atoms with Crippen molar-refractivity contribution in [1.29, 1.82) is 0 Å². The lowest BCUT2D eigenvalue weighted by Gasteiger charge is -2.11. The minimum atomic E-state index is -4.52. The highest BCUT2D eigenvalue weighted by Crippen LogP contribution is 2.29. The second-order valence-electron chi connectivity index (χ2n) is 4.95. The molecule has 5 nitrogen and oxygen atoms in total. The van der Waals surface area contributed by atoms with Crippen LogP contribution in [0.5, 0.6) is 0 Å². The van der Waals surface area contributed by atoms with Crippen molar-refractivity contribution in [3.05, 3.63) is 17.5 Å². The van der Waals surface area contributed by atoms with E-state index in [-0.39, 0.29) is 11.8 Å². The standard InChI is InChI=1S/C13H20F3N3O2/c1-9(2)21-6-4-5-17-12(20)8-19-11(13(14,15)16)7-10(3)18-19/h7,9H,4-6,8H2,1-3H3,(H,17,20). The van der Waals surface area contributed by atoms with Crippen molar-refractivity contribution in [2.24, 2.45) is 0 Å². The Labute approximate surface area is 121 Å². The molecule has 0 unspecified atom stereocenters. The summed E-state index contributed by atoms with van der Waals surface area (Å²) in [6, 6.07) is 0.920. The van der Waals surface area contributed by atoms with Gasteiger partial charge in [0.05, 0.1) is 11.8 Å². The van der Waals surface area contributed by atoms with Crippen LogP contribution in [0.25, 0.3) is 0 Å². The molecule has 1 heterocycles. The summed E-state index contributed by atoms with van der Waals surface area (Å²) < 4.78 is 44.2. The van der Waals surface area contributed by atoms with E-state index in [0.717, 1.165) is 6.07 Å². The molecule has 21 heavy (non-hydrogen) atoms. The van der Waals surface area contributed by atoms with Gasteiger partial charge in [-0.3, -0.25) is 9.48 Å². The molecular formula is C13H20F3N3O2. The van der Waals surface area contributed by atoms with Crippen LogP contribution in [0, 0.1) is 6.92 Å². The van der Waals surface area contributed by atoms with Crippen LogP contribution in [0.15, 0.2) is 6.07 Å². The van der Waals surface area contributed by atoms with Gasteiger partial charge in [0.15, 0.2) is 0 Å². The monoisotopic (exact) mass is 307 g/mol. The number of carbonyl (C=O) groups excluding carboxylic acids is 1. The van der Waals surface area contributed by atoms with Crippen LogP contribution >= 0.6 is 0 Å². The first-order chi connectivity index (χ1) is 9.70. The lowest BCUT2D eigenvalue weighted by molar-refractivity contribution is -0.144. The quantitative estimate of drug-likeness (QED) is 0.785. The van der Waals surface area contributed by atoms with E-state index in [1.807, 2.05) is 13.8 Å². The second kappa shape index (κ2) is 7.44. The topological polar surface area (TPSA) is 56.2 Å². The molecule has 8 heteroatoms. The summed E-state index contributed by atoms with van der Waals surface area (Å²) in [5.74, 6) is -0.506. The predicted octanol–water partition coefficient (Wildman–Crippen LogP) is 2.14. The third-order valence-corrected chi connectivity index (χ3v) is 2.58. The molecule has 0 bridgehead atoms. The Morgan fingerprint density at radius 1 is 1.48 bits per heavy atom. The highest BCUT2D eigenvalue weighted by atomic mass is 19.4. The maximum absolute atomic E-state index is 12.7. The van der Waals surface area contributed by atoms with Crippen molar-refractivity contribution in [3.8, 4) is 0 Å². The molecule has 0 saturated heterocycles. The predicted molar refractivity (Wildman–Crippen MR) is 70.7 cm³/mol. The van der Waals surface area contributed by atoms with Crippen LogP contribution in [0.3, 0.4) is 0 Å². The Bertz CT molecular complexity index is 470. The fourth-order valence-corrected chi connectivity index (χ4v) is 1.71. The van der Waals surface area contributed by atoms with E-state index in [4.69, 9.17) is 4.74 Å². The highest BCUT2D eigenvalue weighted by molar-refractivity contribution is 5.75. The van der Waals surface area contributed by atoms with Crippen molar-refractivity contribution < 1.29 is 22.7 Å². The number of ether oxygens (including phenoxy) is 1. The molecule has 0 spiro atoms. The second-order valence-corrected chi connectivity index (χ2v) is 4.95. The minimum Gasteiger partial charge on any atom is -0.379 e. The van der Waals surface area contributed by atoms with Crippen LogP contribution < -0.4 is 5.32 Å². The molecule has 0 aromatic carbocycles. The van der Waals surface area contributed by atoms with E-state index in [1.54, 1.807) is 0 Å². The number of nitrogens with zero attached hydrogens (tertiary/aromatic N) is 2. The maximum Gasteiger partial charge on any atom is 0.433 e. The van der Waals surface area contributed by atoms with Gasteiger partial charge in [-0.1, -0.05) is 0 Å². The SMILES string of the molecule is Cc1cc(C(F)(F)F)n(CC(=O)NCCCOC(C)C)n1. The smallest absolute Gasteiger partial charge is 0.379 e. The number of alkyl halides is 3. The van der Waals surface area contributed by atoms with Gasteiger partial charge in [-0.15, -0.1) is 0 Å². The largest absolute Gasteiger partial charge is 0.433 e. The lowest BCUT2D eigenvalue weighted by Crippen LogP contribution is -2.31. The van der Waals surface area contributed by atoms with Gasteiger partial charge < -0.3 is 10.1 Å². The summed E-state index contributed by atoms with van der Waals surface area (Å²) in [7, 11) is 0. The summed E-state index contributed by atoms with van der Waals surface area (Å²) >= 11 is 0. The molecule has 1 rings (SSSR count). The Morgan fingerprint density at radius 3 is 2.71 bits per heavy atom. The van der Waals surface area contributed by atoms with Crippen molar-refractivity contribution in [1.82, 2.24) is 15.1 Å². The molecule has 1 amide bonds. The number of halogens is 3. The van der Waals surface area contributed by atoms with Crippen molar-refractivity contribution in [2.45, 2.75) is 46.0 Å². The number of carbonyl (C=O) groups is 1. The van der Waals surface area contributed by atoms with Gasteiger partial charge in [0.2, 0.25) is 5.91 Å². The minimum absolute atomic E-state index is 0.113. The molecule has 120 valence electrons. The van der Waals surface area contributed by atoms with Crippen LogP contribution in [-0.4, -0.2) is 34.9 Å². The van der Waals surface area contributed by atoms with Crippen LogP contribution in [0.2, 0.25) is 0 Å². The molecule has 0 atom stereocenters. The van der Waals surface area contributed by atoms with Gasteiger partial charge in [-0.05, 0) is 33.3 Å². The lowest BCUT2D eigenvalue weighted by atomic mass is 10.3. The highest BCUT2D eigenvalue weighted by Gasteiger charge is 2.35. The van der Waals surface area contributed by atoms with Crippen LogP contribution in [0.4, 0.5) is 13.2 Å². The van der Waals surface area contributed by atoms with E-state index < -0.39 is 24.3 Å². The number of hydrogen-bond acceptors (Lipinski definition) is 3. The van der Waals surface area contributed by atoms with Gasteiger partial charge in [0.1, 0.15) is 12.2 Å². The number of aromatic nitrogens is 2. The number of aryl methyl sites for hydroxylation is 1. The third-order valence-electron chi connectivity index (χ3n) is 2.58. The molecule has 1 aromatic rings. The first-order valence-electron chi connectivity index (χ1n) is 6.70. The molecule has 0 saturated carbocycles. The summed E-state index contributed by atoms with van der Waals surface area (Å²) in [6.45, 7) is 5.65. The van der Waals surface area contributed by atoms with Gasteiger partial charge in [0.25, 0.3) is 0 Å². The van der Waals surface area contributed by atoms with Crippen molar-refractivity contribution >= 4 is 5.91 Å². The molecule has 0 fully saturated rings. The van der Waals surface area contributed by atoms with E-state index >= 15 is 0 Å². The first-order valence-corrected chi connectivity index (χ1v) is 6.70. The molecule has 0 radical (unpaired) electrons. The Balaban J connectivity index is 2.45. The van der Waals surface area contributed by atoms with Gasteiger partial charge >= 0.3 is 6.18 Å². The molecule has 0 aliphatic heterocycles. The zero-order valence-corrected chi connectivity index (χ0v) is 12.3. The fraction of sp³-hybridized carbons (Fsp3) is 0.692. The van der Waals surface area contributed by atoms with Crippen molar-refractivity contribution in [2.75, 3.05) is 13.2 Å². The number of amides is 1. The molecule has 1 N–H and O–H groups in total. The van der Waals surface area contributed by atoms with Gasteiger partial charge in [0, 0.05) is 13.2 Å². The Hall–Kier alpha value is -1.57. The zero-order valence-electron chi connectivity index (χ0n) is 12.3. The molecule has 1 aromatic heterocycles. The van der Waals surface area contributed by atoms with Crippen LogP contribution in [0.1, 0.15) is 31.7 Å². The third kappa shape index (κ3) is 6.16. The Morgan fingerprint density at radius 2 is 2.14 bits per heavy atom. The zero-order chi connectivity index (χ0) is 16.0. The maximum atomic E-state index is 12.7. The number of hydrogen-bond donors (Lipinski definition) is 1. The van der Waals surface area contributed by atoms with E-state index in [2.05, 4.69) is 10.4 Å². The van der Waals surface area contributed by atoms with Crippen LogP contribution in [-0.2, 0) is 22.3 Å². The molecular weight excluding hydrogens is 287 g/mol. The normalized spacial score (nSPS) is 12.0. The summed E-state index contributed by atoms with van der Waals surface area (Å²) in [5.41, 5.74) is -0.696. The van der Waals surface area contributed by atoms with E-state index in [1.165, 1.54) is 6.92 Å². The molecule has 0 aliphatic rings. The van der Waals surface area contributed by atoms with Gasteiger partial charge in [-0.25, -0.2) is 0 Å². The summed E-state index contributed by atoms with van der Waals surface area (Å²) in [5, 5.41) is 6.24. The van der Waals surface area contributed by atoms with Gasteiger partial charge in [-0.2, -0.15) is 18.3 Å². The molecule has 0 aliphatic carbocycles. The number of rotatable bonds is 7. The summed E-state index contributed by atoms with van der Waals surface area (Å²) in [6.07, 6.45) is -3.80. The van der Waals surface area contributed by atoms with Crippen molar-refractivity contribution in [3.63, 3.8) is 0 Å². The first kappa shape index (κ1) is 17.5. The average Bonchev–Trinajstić information content (AvgIpc) is 2.69. The Kier molecular flexibility index (Phi) is 6.19. The number of nitrogens with one attached hydrogen (secondary N) is 1. The average molecular weight is 307 g/mol. The summed E-state index contributed by atoms with van der Waals surface area (Å²) in [4.78, 5) is 11.6.